The predicted molar refractivity (Wildman–Crippen MR) is 93.4 cm³/mol. The van der Waals surface area contributed by atoms with Crippen molar-refractivity contribution in [1.82, 2.24) is 24.5 Å². The summed E-state index contributed by atoms with van der Waals surface area (Å²) in [6, 6.07) is 0. The summed E-state index contributed by atoms with van der Waals surface area (Å²) in [4.78, 5) is 14.0. The van der Waals surface area contributed by atoms with Crippen LogP contribution in [-0.4, -0.2) is 37.4 Å². The van der Waals surface area contributed by atoms with Gasteiger partial charge in [0.2, 0.25) is 5.91 Å². The van der Waals surface area contributed by atoms with E-state index in [0.717, 1.165) is 28.1 Å². The van der Waals surface area contributed by atoms with Gasteiger partial charge in [-0.3, -0.25) is 14.2 Å². The van der Waals surface area contributed by atoms with Gasteiger partial charge in [0.25, 0.3) is 0 Å². The maximum atomic E-state index is 12.4. The molecule has 2 aromatic rings. The lowest BCUT2D eigenvalue weighted by atomic mass is 10.3. The van der Waals surface area contributed by atoms with Crippen LogP contribution in [0.4, 0.5) is 0 Å². The minimum Gasteiger partial charge on any atom is -0.340 e. The molecule has 2 rings (SSSR count). The Morgan fingerprint density at radius 2 is 2.09 bits per heavy atom. The number of nitrogens with zero attached hydrogens (tertiary/aromatic N) is 5. The van der Waals surface area contributed by atoms with Crippen LogP contribution in [0.25, 0.3) is 0 Å². The quantitative estimate of drug-likeness (QED) is 0.745. The molecule has 0 saturated carbocycles. The number of amides is 1. The van der Waals surface area contributed by atoms with E-state index in [2.05, 4.69) is 26.1 Å². The average molecular weight is 403 g/mol. The lowest BCUT2D eigenvalue weighted by molar-refractivity contribution is -0.130. The number of rotatable bonds is 6. The molecule has 0 bridgehead atoms. The molecular formula is C15H21BrClN5O. The van der Waals surface area contributed by atoms with Gasteiger partial charge in [0, 0.05) is 25.7 Å². The highest BCUT2D eigenvalue weighted by Crippen LogP contribution is 2.20. The summed E-state index contributed by atoms with van der Waals surface area (Å²) in [5, 5.41) is 9.21. The molecule has 2 heterocycles. The predicted octanol–water partition coefficient (Wildman–Crippen LogP) is 3.18. The molecule has 0 aliphatic heterocycles. The van der Waals surface area contributed by atoms with Gasteiger partial charge in [0.15, 0.2) is 0 Å². The molecule has 1 amide bonds. The maximum Gasteiger partial charge on any atom is 0.224 e. The van der Waals surface area contributed by atoms with Crippen LogP contribution in [0.2, 0.25) is 5.02 Å². The number of carbonyl (C=O) groups excluding carboxylic acids is 1. The standard InChI is InChI=1S/C15H21BrClN5O/c1-5-21-13(12(17)8-18-21)9-20(4)14(23)6-7-22-11(3)15(16)10(2)19-22/h8H,5-7,9H2,1-4H3. The van der Waals surface area contributed by atoms with Crippen LogP contribution in [0.3, 0.4) is 0 Å². The van der Waals surface area contributed by atoms with Crippen molar-refractivity contribution in [3.8, 4) is 0 Å². The highest BCUT2D eigenvalue weighted by molar-refractivity contribution is 9.10. The molecule has 0 aliphatic rings. The minimum absolute atomic E-state index is 0.0496. The van der Waals surface area contributed by atoms with Crippen molar-refractivity contribution in [3.63, 3.8) is 0 Å². The van der Waals surface area contributed by atoms with Gasteiger partial charge in [-0.1, -0.05) is 11.6 Å². The SMILES string of the molecule is CCn1ncc(Cl)c1CN(C)C(=O)CCn1nc(C)c(Br)c1C. The van der Waals surface area contributed by atoms with Crippen LogP contribution in [0.5, 0.6) is 0 Å². The van der Waals surface area contributed by atoms with Crippen LogP contribution < -0.4 is 0 Å². The summed E-state index contributed by atoms with van der Waals surface area (Å²) in [5.41, 5.74) is 2.82. The Balaban J connectivity index is 1.97. The first-order valence-corrected chi connectivity index (χ1v) is 8.65. The van der Waals surface area contributed by atoms with Gasteiger partial charge >= 0.3 is 0 Å². The average Bonchev–Trinajstić information content (AvgIpc) is 3.00. The normalized spacial score (nSPS) is 11.0. The zero-order valence-electron chi connectivity index (χ0n) is 13.8. The molecular weight excluding hydrogens is 382 g/mol. The van der Waals surface area contributed by atoms with Crippen molar-refractivity contribution in [2.24, 2.45) is 0 Å². The molecule has 0 atom stereocenters. The van der Waals surface area contributed by atoms with Crippen LogP contribution in [0, 0.1) is 13.8 Å². The Hall–Kier alpha value is -1.34. The van der Waals surface area contributed by atoms with Crippen LogP contribution in [0.15, 0.2) is 10.7 Å². The molecule has 0 aliphatic carbocycles. The Kier molecular flexibility index (Phi) is 5.86. The van der Waals surface area contributed by atoms with Crippen molar-refractivity contribution in [1.29, 1.82) is 0 Å². The lowest BCUT2D eigenvalue weighted by Gasteiger charge is -2.18. The van der Waals surface area contributed by atoms with E-state index in [1.54, 1.807) is 18.1 Å². The van der Waals surface area contributed by atoms with E-state index < -0.39 is 0 Å². The summed E-state index contributed by atoms with van der Waals surface area (Å²) in [7, 11) is 1.78. The third-order valence-corrected chi connectivity index (χ3v) is 5.30. The molecule has 8 heteroatoms. The Bertz CT molecular complexity index is 709. The van der Waals surface area contributed by atoms with Gasteiger partial charge in [-0.2, -0.15) is 10.2 Å². The van der Waals surface area contributed by atoms with Crippen LogP contribution in [0.1, 0.15) is 30.4 Å². The lowest BCUT2D eigenvalue weighted by Crippen LogP contribution is -2.28. The first-order chi connectivity index (χ1) is 10.8. The molecule has 0 fully saturated rings. The fourth-order valence-corrected chi connectivity index (χ4v) is 2.90. The molecule has 6 nitrogen and oxygen atoms in total. The van der Waals surface area contributed by atoms with E-state index in [0.29, 0.717) is 24.5 Å². The number of aryl methyl sites for hydroxylation is 3. The van der Waals surface area contributed by atoms with E-state index in [9.17, 15) is 4.79 Å². The summed E-state index contributed by atoms with van der Waals surface area (Å²) < 4.78 is 4.66. The molecule has 2 aromatic heterocycles. The van der Waals surface area contributed by atoms with Crippen LogP contribution >= 0.6 is 27.5 Å². The topological polar surface area (TPSA) is 56.0 Å². The van der Waals surface area contributed by atoms with E-state index >= 15 is 0 Å². The van der Waals surface area contributed by atoms with Crippen LogP contribution in [-0.2, 0) is 24.4 Å². The highest BCUT2D eigenvalue weighted by atomic mass is 79.9. The second-order valence-corrected chi connectivity index (χ2v) is 6.66. The highest BCUT2D eigenvalue weighted by Gasteiger charge is 2.16. The number of hydrogen-bond acceptors (Lipinski definition) is 3. The van der Waals surface area contributed by atoms with E-state index in [1.807, 2.05) is 30.1 Å². The van der Waals surface area contributed by atoms with E-state index in [4.69, 9.17) is 11.6 Å². The summed E-state index contributed by atoms with van der Waals surface area (Å²) >= 11 is 9.64. The Labute approximate surface area is 149 Å². The number of aromatic nitrogens is 4. The molecule has 0 unspecified atom stereocenters. The number of carbonyl (C=O) groups is 1. The molecule has 0 saturated heterocycles. The molecule has 0 N–H and O–H groups in total. The van der Waals surface area contributed by atoms with Gasteiger partial charge in [-0.05, 0) is 36.7 Å². The zero-order chi connectivity index (χ0) is 17.1. The second-order valence-electron chi connectivity index (χ2n) is 5.46. The third kappa shape index (κ3) is 3.95. The molecule has 126 valence electrons. The van der Waals surface area contributed by atoms with Crippen molar-refractivity contribution >= 4 is 33.4 Å². The molecule has 23 heavy (non-hydrogen) atoms. The zero-order valence-corrected chi connectivity index (χ0v) is 16.1. The largest absolute Gasteiger partial charge is 0.340 e. The van der Waals surface area contributed by atoms with Gasteiger partial charge in [-0.15, -0.1) is 0 Å². The van der Waals surface area contributed by atoms with Gasteiger partial charge in [0.05, 0.1) is 40.2 Å². The summed E-state index contributed by atoms with van der Waals surface area (Å²) in [6.07, 6.45) is 2.01. The third-order valence-electron chi connectivity index (χ3n) is 3.84. The number of halogens is 2. The smallest absolute Gasteiger partial charge is 0.224 e. The molecule has 0 spiro atoms. The first-order valence-electron chi connectivity index (χ1n) is 7.48. The maximum absolute atomic E-state index is 12.4. The monoisotopic (exact) mass is 401 g/mol. The Morgan fingerprint density at radius 1 is 1.39 bits per heavy atom. The van der Waals surface area contributed by atoms with Gasteiger partial charge in [-0.25, -0.2) is 0 Å². The van der Waals surface area contributed by atoms with Crippen molar-refractivity contribution in [3.05, 3.63) is 32.8 Å². The summed E-state index contributed by atoms with van der Waals surface area (Å²) in [5.74, 6) is 0.0496. The van der Waals surface area contributed by atoms with Gasteiger partial charge < -0.3 is 4.90 Å². The van der Waals surface area contributed by atoms with Gasteiger partial charge in [0.1, 0.15) is 0 Å². The minimum atomic E-state index is 0.0496. The molecule has 0 aromatic carbocycles. The fourth-order valence-electron chi connectivity index (χ4n) is 2.42. The fraction of sp³-hybridized carbons (Fsp3) is 0.533. The number of hydrogen-bond donors (Lipinski definition) is 0. The Morgan fingerprint density at radius 3 is 2.65 bits per heavy atom. The van der Waals surface area contributed by atoms with E-state index in [-0.39, 0.29) is 5.91 Å². The van der Waals surface area contributed by atoms with Crippen molar-refractivity contribution in [2.45, 2.75) is 46.8 Å². The van der Waals surface area contributed by atoms with Crippen molar-refractivity contribution < 1.29 is 4.79 Å². The van der Waals surface area contributed by atoms with E-state index in [1.165, 1.54) is 0 Å². The summed E-state index contributed by atoms with van der Waals surface area (Å²) in [6.45, 7) is 7.65. The van der Waals surface area contributed by atoms with Crippen molar-refractivity contribution in [2.75, 3.05) is 7.05 Å². The second kappa shape index (κ2) is 7.49. The molecule has 0 radical (unpaired) electrons. The first kappa shape index (κ1) is 18.0.